The molecular weight excluding hydrogens is 116 g/mol. The van der Waals surface area contributed by atoms with E-state index < -0.39 is 0 Å². The number of hydrogen-bond donors (Lipinski definition) is 2. The zero-order chi connectivity index (χ0) is 7.49. The molecule has 0 atom stereocenters. The summed E-state index contributed by atoms with van der Waals surface area (Å²) in [6.45, 7) is 1.69. The number of likely N-dealkylation sites (N-methyl/N-ethyl adjacent to an activating group) is 2. The van der Waals surface area contributed by atoms with Crippen molar-refractivity contribution < 1.29 is 4.59 Å². The van der Waals surface area contributed by atoms with E-state index in [9.17, 15) is 0 Å². The van der Waals surface area contributed by atoms with Crippen LogP contribution in [-0.2, 0) is 0 Å². The number of hydrogen-bond acceptors (Lipinski definition) is 3. The number of nitrogens with zero attached hydrogens (tertiary/aromatic N) is 2. The van der Waals surface area contributed by atoms with Gasteiger partial charge in [-0.25, -0.2) is 5.01 Å². The van der Waals surface area contributed by atoms with E-state index >= 15 is 0 Å². The van der Waals surface area contributed by atoms with E-state index in [1.807, 2.05) is 21.1 Å². The Kier molecular flexibility index (Phi) is 3.07. The Morgan fingerprint density at radius 3 is 2.00 bits per heavy atom. The van der Waals surface area contributed by atoms with Crippen LogP contribution in [0.4, 0.5) is 0 Å². The van der Waals surface area contributed by atoms with Gasteiger partial charge in [-0.1, -0.05) is 0 Å². The molecule has 0 saturated carbocycles. The highest BCUT2D eigenvalue weighted by atomic mass is 15.6. The SMILES string of the molecule is CN(N)CC[N+](C)(C)N. The van der Waals surface area contributed by atoms with Crippen molar-refractivity contribution >= 4 is 0 Å². The standard InChI is InChI=1S/C5H17N4/c1-8(6)4-5-9(2,3)7/h4-7H2,1-3H3/q+1. The molecule has 4 nitrogen and oxygen atoms in total. The van der Waals surface area contributed by atoms with Gasteiger partial charge in [0.2, 0.25) is 0 Å². The van der Waals surface area contributed by atoms with Crippen LogP contribution in [0, 0.1) is 0 Å². The minimum atomic E-state index is 0.474. The van der Waals surface area contributed by atoms with Crippen molar-refractivity contribution in [3.63, 3.8) is 0 Å². The van der Waals surface area contributed by atoms with Crippen molar-refractivity contribution in [1.82, 2.24) is 5.01 Å². The second-order valence-corrected chi connectivity index (χ2v) is 2.98. The fourth-order valence-electron chi connectivity index (χ4n) is 0.415. The van der Waals surface area contributed by atoms with Gasteiger partial charge >= 0.3 is 0 Å². The molecule has 0 aromatic heterocycles. The van der Waals surface area contributed by atoms with E-state index in [0.717, 1.165) is 13.1 Å². The first-order valence-corrected chi connectivity index (χ1v) is 2.99. The number of hydrazine groups is 1. The molecule has 0 spiro atoms. The second kappa shape index (κ2) is 3.12. The van der Waals surface area contributed by atoms with Crippen molar-refractivity contribution in [2.45, 2.75) is 0 Å². The van der Waals surface area contributed by atoms with Gasteiger partial charge in [-0.2, -0.15) is 5.84 Å². The van der Waals surface area contributed by atoms with E-state index in [1.54, 1.807) is 5.01 Å². The molecule has 0 fully saturated rings. The predicted octanol–water partition coefficient (Wildman–Crippen LogP) is -1.26. The maximum Gasteiger partial charge on any atom is 0.110 e. The minimum absolute atomic E-state index is 0.474. The molecule has 4 heteroatoms. The van der Waals surface area contributed by atoms with Crippen LogP contribution in [0.2, 0.25) is 0 Å². The monoisotopic (exact) mass is 133 g/mol. The Labute approximate surface area is 56.5 Å². The maximum atomic E-state index is 5.64. The van der Waals surface area contributed by atoms with Crippen LogP contribution in [0.5, 0.6) is 0 Å². The average Bonchev–Trinajstić information content (AvgIpc) is 1.59. The highest BCUT2D eigenvalue weighted by Crippen LogP contribution is 1.82. The van der Waals surface area contributed by atoms with E-state index in [2.05, 4.69) is 0 Å². The summed E-state index contributed by atoms with van der Waals surface area (Å²) < 4.78 is 0.474. The third-order valence-corrected chi connectivity index (χ3v) is 1.03. The lowest BCUT2D eigenvalue weighted by atomic mass is 10.5. The smallest absolute Gasteiger partial charge is 0.110 e. The normalized spacial score (nSPS) is 12.7. The van der Waals surface area contributed by atoms with Crippen molar-refractivity contribution in [2.75, 3.05) is 34.2 Å². The summed E-state index contributed by atoms with van der Waals surface area (Å²) in [7, 11) is 5.70. The van der Waals surface area contributed by atoms with Gasteiger partial charge in [0.1, 0.15) is 6.54 Å². The second-order valence-electron chi connectivity index (χ2n) is 2.98. The van der Waals surface area contributed by atoms with Gasteiger partial charge in [-0.15, -0.1) is 0 Å². The zero-order valence-electron chi connectivity index (χ0n) is 6.46. The molecular formula is C5H17N4+. The van der Waals surface area contributed by atoms with Crippen LogP contribution in [0.15, 0.2) is 0 Å². The molecule has 0 amide bonds. The molecule has 0 rings (SSSR count). The highest BCUT2D eigenvalue weighted by Gasteiger charge is 2.07. The topological polar surface area (TPSA) is 55.3 Å². The van der Waals surface area contributed by atoms with Gasteiger partial charge in [0.05, 0.1) is 20.6 Å². The van der Waals surface area contributed by atoms with Gasteiger partial charge in [0, 0.05) is 7.05 Å². The summed E-state index contributed by atoms with van der Waals surface area (Å²) >= 11 is 0. The first-order chi connectivity index (χ1) is 3.92. The predicted molar refractivity (Wildman–Crippen MR) is 38.0 cm³/mol. The molecule has 0 heterocycles. The van der Waals surface area contributed by atoms with E-state index in [1.165, 1.54) is 0 Å². The van der Waals surface area contributed by atoms with Crippen LogP contribution in [0.1, 0.15) is 0 Å². The van der Waals surface area contributed by atoms with Gasteiger partial charge in [-0.3, -0.25) is 10.4 Å². The molecule has 0 aliphatic carbocycles. The first kappa shape index (κ1) is 8.84. The van der Waals surface area contributed by atoms with Crippen LogP contribution in [0.25, 0.3) is 0 Å². The van der Waals surface area contributed by atoms with E-state index in [4.69, 9.17) is 11.7 Å². The summed E-state index contributed by atoms with van der Waals surface area (Å²) in [5.74, 6) is 11.0. The summed E-state index contributed by atoms with van der Waals surface area (Å²) in [5, 5.41) is 1.63. The molecule has 9 heavy (non-hydrogen) atoms. The Bertz CT molecular complexity index is 73.5. The highest BCUT2D eigenvalue weighted by molar-refractivity contribution is 4.34. The van der Waals surface area contributed by atoms with Crippen LogP contribution in [0.3, 0.4) is 0 Å². The van der Waals surface area contributed by atoms with Gasteiger partial charge in [0.25, 0.3) is 0 Å². The van der Waals surface area contributed by atoms with Crippen LogP contribution in [-0.4, -0.2) is 43.8 Å². The maximum absolute atomic E-state index is 5.64. The molecule has 0 bridgehead atoms. The van der Waals surface area contributed by atoms with Crippen LogP contribution >= 0.6 is 0 Å². The zero-order valence-corrected chi connectivity index (χ0v) is 6.46. The van der Waals surface area contributed by atoms with Crippen LogP contribution < -0.4 is 11.7 Å². The Morgan fingerprint density at radius 1 is 1.44 bits per heavy atom. The Balaban J connectivity index is 3.28. The number of quaternary nitrogens is 1. The molecule has 0 radical (unpaired) electrons. The molecule has 0 unspecified atom stereocenters. The van der Waals surface area contributed by atoms with Gasteiger partial charge in [-0.05, 0) is 0 Å². The quantitative estimate of drug-likeness (QED) is 0.287. The summed E-state index contributed by atoms with van der Waals surface area (Å²) in [4.78, 5) is 0. The van der Waals surface area contributed by atoms with Gasteiger partial charge in [0.15, 0.2) is 0 Å². The van der Waals surface area contributed by atoms with E-state index in [-0.39, 0.29) is 0 Å². The fraction of sp³-hybridized carbons (Fsp3) is 1.00. The molecule has 0 aliphatic rings. The lowest BCUT2D eigenvalue weighted by Gasteiger charge is -2.23. The molecule has 56 valence electrons. The third kappa shape index (κ3) is 7.84. The van der Waals surface area contributed by atoms with E-state index in [0.29, 0.717) is 4.59 Å². The average molecular weight is 133 g/mol. The third-order valence-electron chi connectivity index (χ3n) is 1.03. The Hall–Kier alpha value is -0.160. The molecule has 0 saturated heterocycles. The molecule has 0 aliphatic heterocycles. The van der Waals surface area contributed by atoms with Crippen molar-refractivity contribution in [3.05, 3.63) is 0 Å². The largest absolute Gasteiger partial charge is 0.269 e. The summed E-state index contributed by atoms with van der Waals surface area (Å²) in [6, 6.07) is 0. The minimum Gasteiger partial charge on any atom is -0.269 e. The van der Waals surface area contributed by atoms with Crippen molar-refractivity contribution in [3.8, 4) is 0 Å². The molecule has 4 N–H and O–H groups in total. The summed E-state index contributed by atoms with van der Waals surface area (Å²) in [5.41, 5.74) is 0. The Morgan fingerprint density at radius 2 is 1.89 bits per heavy atom. The van der Waals surface area contributed by atoms with Gasteiger partial charge < -0.3 is 0 Å². The number of nitrogens with two attached hydrogens (primary N) is 2. The fourth-order valence-corrected chi connectivity index (χ4v) is 0.415. The molecule has 0 aromatic carbocycles. The molecule has 0 aromatic rings. The first-order valence-electron chi connectivity index (χ1n) is 2.99. The lowest BCUT2D eigenvalue weighted by molar-refractivity contribution is -0.901. The number of rotatable bonds is 3. The summed E-state index contributed by atoms with van der Waals surface area (Å²) in [6.07, 6.45) is 0. The lowest BCUT2D eigenvalue weighted by Crippen LogP contribution is -2.51. The van der Waals surface area contributed by atoms with Crippen molar-refractivity contribution in [1.29, 1.82) is 0 Å². The van der Waals surface area contributed by atoms with Crippen molar-refractivity contribution in [2.24, 2.45) is 11.7 Å².